The molecule has 0 saturated carbocycles. The third-order valence-electron chi connectivity index (χ3n) is 3.57. The lowest BCUT2D eigenvalue weighted by Crippen LogP contribution is -2.00. The van der Waals surface area contributed by atoms with Crippen LogP contribution in [0.3, 0.4) is 0 Å². The molecule has 0 aliphatic rings. The van der Waals surface area contributed by atoms with Gasteiger partial charge in [0.15, 0.2) is 0 Å². The van der Waals surface area contributed by atoms with Crippen LogP contribution in [0.5, 0.6) is 5.75 Å². The van der Waals surface area contributed by atoms with E-state index in [0.717, 1.165) is 21.6 Å². The standard InChI is InChI=1S/C18H18F2N4O2S/c1-11-6-12(2)8-15(7-11)25-10-14-5-4-13(26-14)9-21-24-17(16(19)20)22-23-18(24)27-3/h4-9,16H,10H2,1-3H3/b21-9+. The highest BCUT2D eigenvalue weighted by Gasteiger charge is 2.19. The zero-order valence-corrected chi connectivity index (χ0v) is 15.8. The van der Waals surface area contributed by atoms with Crippen molar-refractivity contribution >= 4 is 18.0 Å². The maximum Gasteiger partial charge on any atom is 0.299 e. The van der Waals surface area contributed by atoms with E-state index >= 15 is 0 Å². The number of benzene rings is 1. The average molecular weight is 392 g/mol. The molecule has 0 aliphatic carbocycles. The minimum absolute atomic E-state index is 0.252. The van der Waals surface area contributed by atoms with Gasteiger partial charge in [0.2, 0.25) is 11.0 Å². The van der Waals surface area contributed by atoms with Crippen LogP contribution in [0.2, 0.25) is 0 Å². The molecule has 0 atom stereocenters. The van der Waals surface area contributed by atoms with E-state index in [2.05, 4.69) is 21.4 Å². The molecule has 0 unspecified atom stereocenters. The number of rotatable bonds is 7. The lowest BCUT2D eigenvalue weighted by Gasteiger charge is -2.06. The SMILES string of the molecule is CSc1nnc(C(F)F)n1/N=C/c1ccc(COc2cc(C)cc(C)c2)o1. The summed E-state index contributed by atoms with van der Waals surface area (Å²) >= 11 is 1.17. The molecule has 0 radical (unpaired) electrons. The van der Waals surface area contributed by atoms with Crippen LogP contribution in [0.1, 0.15) is 34.9 Å². The summed E-state index contributed by atoms with van der Waals surface area (Å²) in [7, 11) is 0. The second kappa shape index (κ2) is 8.34. The van der Waals surface area contributed by atoms with Gasteiger partial charge in [-0.2, -0.15) is 9.78 Å². The Labute approximate surface area is 159 Å². The Balaban J connectivity index is 1.69. The van der Waals surface area contributed by atoms with Gasteiger partial charge in [-0.3, -0.25) is 0 Å². The Kier molecular flexibility index (Phi) is 5.90. The number of furan rings is 1. The predicted molar refractivity (Wildman–Crippen MR) is 98.7 cm³/mol. The number of thioether (sulfide) groups is 1. The smallest absolute Gasteiger partial charge is 0.299 e. The van der Waals surface area contributed by atoms with Crippen LogP contribution < -0.4 is 4.74 Å². The van der Waals surface area contributed by atoms with Gasteiger partial charge >= 0.3 is 0 Å². The van der Waals surface area contributed by atoms with Crippen LogP contribution in [-0.2, 0) is 6.61 Å². The number of aromatic nitrogens is 3. The maximum atomic E-state index is 13.0. The fourth-order valence-electron chi connectivity index (χ4n) is 2.48. The summed E-state index contributed by atoms with van der Waals surface area (Å²) in [6, 6.07) is 9.39. The second-order valence-corrected chi connectivity index (χ2v) is 6.59. The van der Waals surface area contributed by atoms with Gasteiger partial charge in [-0.1, -0.05) is 17.8 Å². The minimum Gasteiger partial charge on any atom is -0.486 e. The van der Waals surface area contributed by atoms with Gasteiger partial charge < -0.3 is 9.15 Å². The second-order valence-electron chi connectivity index (χ2n) is 5.82. The quantitative estimate of drug-likeness (QED) is 0.434. The molecule has 0 spiro atoms. The Morgan fingerprint density at radius 1 is 1.22 bits per heavy atom. The molecule has 0 bridgehead atoms. The first-order valence-electron chi connectivity index (χ1n) is 8.08. The first-order chi connectivity index (χ1) is 13.0. The number of nitrogens with zero attached hydrogens (tertiary/aromatic N) is 4. The van der Waals surface area contributed by atoms with Gasteiger partial charge in [-0.15, -0.1) is 10.2 Å². The number of ether oxygens (including phenoxy) is 1. The molecule has 9 heteroatoms. The van der Waals surface area contributed by atoms with Crippen LogP contribution in [0.15, 0.2) is 45.0 Å². The number of alkyl halides is 2. The monoisotopic (exact) mass is 392 g/mol. The van der Waals surface area contributed by atoms with Crippen LogP contribution in [0.25, 0.3) is 0 Å². The van der Waals surface area contributed by atoms with Gasteiger partial charge in [0.25, 0.3) is 6.43 Å². The Hall–Kier alpha value is -2.68. The number of aryl methyl sites for hydroxylation is 2. The van der Waals surface area contributed by atoms with E-state index in [4.69, 9.17) is 9.15 Å². The van der Waals surface area contributed by atoms with Crippen LogP contribution in [0.4, 0.5) is 8.78 Å². The van der Waals surface area contributed by atoms with Crippen molar-refractivity contribution < 1.29 is 17.9 Å². The number of halogens is 2. The van der Waals surface area contributed by atoms with Crippen molar-refractivity contribution in [1.82, 2.24) is 14.9 Å². The largest absolute Gasteiger partial charge is 0.486 e. The molecule has 6 nitrogen and oxygen atoms in total. The van der Waals surface area contributed by atoms with Crippen molar-refractivity contribution in [3.8, 4) is 5.75 Å². The van der Waals surface area contributed by atoms with Crippen LogP contribution in [-0.4, -0.2) is 27.3 Å². The van der Waals surface area contributed by atoms with Gasteiger partial charge in [0.05, 0.1) is 6.21 Å². The fraction of sp³-hybridized carbons (Fsp3) is 0.278. The van der Waals surface area contributed by atoms with Crippen molar-refractivity contribution in [2.24, 2.45) is 5.10 Å². The van der Waals surface area contributed by atoms with Gasteiger partial charge in [0.1, 0.15) is 23.9 Å². The summed E-state index contributed by atoms with van der Waals surface area (Å²) in [6.45, 7) is 4.26. The molecule has 3 aromatic rings. The topological polar surface area (TPSA) is 65.4 Å². The van der Waals surface area contributed by atoms with E-state index in [1.807, 2.05) is 26.0 Å². The van der Waals surface area contributed by atoms with E-state index in [1.165, 1.54) is 18.0 Å². The van der Waals surface area contributed by atoms with Gasteiger partial charge in [0, 0.05) is 0 Å². The molecule has 0 amide bonds. The molecule has 0 N–H and O–H groups in total. The third-order valence-corrected chi connectivity index (χ3v) is 4.19. The molecule has 27 heavy (non-hydrogen) atoms. The summed E-state index contributed by atoms with van der Waals surface area (Å²) in [4.78, 5) is 0. The first-order valence-corrected chi connectivity index (χ1v) is 9.30. The van der Waals surface area contributed by atoms with Crippen molar-refractivity contribution in [3.63, 3.8) is 0 Å². The normalized spacial score (nSPS) is 11.6. The highest BCUT2D eigenvalue weighted by atomic mass is 32.2. The Morgan fingerprint density at radius 3 is 2.63 bits per heavy atom. The summed E-state index contributed by atoms with van der Waals surface area (Å²) in [5.41, 5.74) is 2.23. The van der Waals surface area contributed by atoms with E-state index in [9.17, 15) is 8.78 Å². The van der Waals surface area contributed by atoms with E-state index in [-0.39, 0.29) is 11.8 Å². The molecule has 1 aromatic carbocycles. The van der Waals surface area contributed by atoms with Gasteiger partial charge in [-0.25, -0.2) is 8.78 Å². The van der Waals surface area contributed by atoms with Crippen molar-refractivity contribution in [3.05, 3.63) is 58.8 Å². The average Bonchev–Trinajstić information content (AvgIpc) is 3.23. The zero-order valence-electron chi connectivity index (χ0n) is 15.0. The summed E-state index contributed by atoms with van der Waals surface area (Å²) < 4.78 is 38.3. The highest BCUT2D eigenvalue weighted by Crippen LogP contribution is 2.22. The minimum atomic E-state index is -2.77. The van der Waals surface area contributed by atoms with E-state index in [1.54, 1.807) is 18.4 Å². The fourth-order valence-corrected chi connectivity index (χ4v) is 2.91. The van der Waals surface area contributed by atoms with Crippen LogP contribution in [0, 0.1) is 13.8 Å². The molecule has 2 aromatic heterocycles. The Morgan fingerprint density at radius 2 is 1.96 bits per heavy atom. The molecule has 0 saturated heterocycles. The highest BCUT2D eigenvalue weighted by molar-refractivity contribution is 7.98. The predicted octanol–water partition coefficient (Wildman–Crippen LogP) is 4.61. The van der Waals surface area contributed by atoms with E-state index in [0.29, 0.717) is 11.5 Å². The molecule has 0 fully saturated rings. The van der Waals surface area contributed by atoms with Gasteiger partial charge in [-0.05, 0) is 55.5 Å². The summed E-state index contributed by atoms with van der Waals surface area (Å²) in [5, 5.41) is 11.4. The van der Waals surface area contributed by atoms with Crippen LogP contribution >= 0.6 is 11.8 Å². The molecule has 142 valence electrons. The lowest BCUT2D eigenvalue weighted by atomic mass is 10.1. The number of hydrogen-bond acceptors (Lipinski definition) is 6. The Bertz CT molecular complexity index is 932. The zero-order chi connectivity index (χ0) is 19.4. The van der Waals surface area contributed by atoms with Crippen molar-refractivity contribution in [1.29, 1.82) is 0 Å². The first kappa shape index (κ1) is 19.1. The third kappa shape index (κ3) is 4.73. The molecule has 0 aliphatic heterocycles. The molecular formula is C18H18F2N4O2S. The van der Waals surface area contributed by atoms with Crippen molar-refractivity contribution in [2.45, 2.75) is 32.0 Å². The maximum absolute atomic E-state index is 13.0. The molecular weight excluding hydrogens is 374 g/mol. The summed E-state index contributed by atoms with van der Waals surface area (Å²) in [6.07, 6.45) is 0.282. The molecule has 2 heterocycles. The van der Waals surface area contributed by atoms with E-state index < -0.39 is 12.2 Å². The summed E-state index contributed by atoms with van der Waals surface area (Å²) in [5.74, 6) is 1.25. The number of hydrogen-bond donors (Lipinski definition) is 0. The molecule has 3 rings (SSSR count). The van der Waals surface area contributed by atoms with Crippen molar-refractivity contribution in [2.75, 3.05) is 6.26 Å². The lowest BCUT2D eigenvalue weighted by molar-refractivity contribution is 0.135.